The van der Waals surface area contributed by atoms with Gasteiger partial charge in [0, 0.05) is 55.8 Å². The largest absolute Gasteiger partial charge is 0.481 e. The highest BCUT2D eigenvalue weighted by Gasteiger charge is 2.60. The lowest BCUT2D eigenvalue weighted by molar-refractivity contribution is -0.138. The van der Waals surface area contributed by atoms with Crippen molar-refractivity contribution in [3.8, 4) is 0 Å². The summed E-state index contributed by atoms with van der Waals surface area (Å²) in [6, 6.07) is 11.4. The highest BCUT2D eigenvalue weighted by atomic mass is 35.5. The van der Waals surface area contributed by atoms with E-state index < -0.39 is 13.6 Å². The van der Waals surface area contributed by atoms with Crippen molar-refractivity contribution in [1.82, 2.24) is 14.7 Å². The fourth-order valence-electron chi connectivity index (χ4n) is 13.7. The maximum absolute atomic E-state index is 12.2. The molecule has 1 unspecified atom stereocenters. The van der Waals surface area contributed by atoms with E-state index in [9.17, 15) is 14.5 Å². The summed E-state index contributed by atoms with van der Waals surface area (Å²) in [7, 11) is -0.608. The summed E-state index contributed by atoms with van der Waals surface area (Å²) in [5.74, 6) is 4.75. The fraction of sp³-hybridized carbons (Fsp3) is 0.740. The van der Waals surface area contributed by atoms with Gasteiger partial charge in [0.15, 0.2) is 0 Å². The number of piperidine rings is 1. The van der Waals surface area contributed by atoms with Crippen LogP contribution in [0.1, 0.15) is 132 Å². The number of carboxylic acid groups (broad SMARTS) is 1. The van der Waals surface area contributed by atoms with Crippen molar-refractivity contribution < 1.29 is 24.1 Å². The topological polar surface area (TPSA) is 102 Å². The molecule has 7 aliphatic rings. The lowest BCUT2D eigenvalue weighted by Crippen LogP contribution is -2.54. The number of aryl methyl sites for hydroxylation is 2. The molecule has 10 atom stereocenters. The molecule has 0 amide bonds. The van der Waals surface area contributed by atoms with Gasteiger partial charge in [-0.05, 0) is 183 Å². The molecular formula is C50H76Cl2N3O5PS. The van der Waals surface area contributed by atoms with Crippen LogP contribution in [0.3, 0.4) is 0 Å². The number of nitrogens with zero attached hydrogens (tertiary/aromatic N) is 2. The molecule has 2 aliphatic heterocycles. The van der Waals surface area contributed by atoms with E-state index in [1.807, 2.05) is 11.3 Å². The number of carbonyl (C=O) groups is 1. The molecule has 3 N–H and O–H groups in total. The van der Waals surface area contributed by atoms with Crippen LogP contribution in [-0.2, 0) is 26.7 Å². The van der Waals surface area contributed by atoms with Crippen LogP contribution in [0.15, 0.2) is 41.3 Å². The quantitative estimate of drug-likeness (QED) is 0.169. The number of nitrogens with one attached hydrogen (secondary N) is 1. The van der Waals surface area contributed by atoms with E-state index in [1.165, 1.54) is 100 Å². The van der Waals surface area contributed by atoms with Crippen molar-refractivity contribution in [2.75, 3.05) is 58.1 Å². The molecule has 12 heteroatoms. The Balaban J connectivity index is 0.000000147. The van der Waals surface area contributed by atoms with Crippen molar-refractivity contribution in [1.29, 1.82) is 0 Å². The minimum Gasteiger partial charge on any atom is -0.481 e. The molecule has 8 nitrogen and oxygen atoms in total. The summed E-state index contributed by atoms with van der Waals surface area (Å²) in [5.41, 5.74) is 8.66. The Morgan fingerprint density at radius 3 is 2.40 bits per heavy atom. The molecule has 62 heavy (non-hydrogen) atoms. The minimum atomic E-state index is -2.84. The average molecular weight is 933 g/mol. The van der Waals surface area contributed by atoms with Crippen LogP contribution < -0.4 is 5.09 Å². The number of halogens is 2. The summed E-state index contributed by atoms with van der Waals surface area (Å²) in [4.78, 5) is 15.1. The number of alkyl halides is 2. The maximum atomic E-state index is 12.2. The van der Waals surface area contributed by atoms with E-state index in [-0.39, 0.29) is 6.10 Å². The predicted octanol–water partition coefficient (Wildman–Crippen LogP) is 11.8. The van der Waals surface area contributed by atoms with Gasteiger partial charge in [-0.2, -0.15) is 0 Å². The second-order valence-electron chi connectivity index (χ2n) is 20.4. The Kier molecular flexibility index (Phi) is 16.9. The molecule has 0 bridgehead atoms. The van der Waals surface area contributed by atoms with Gasteiger partial charge in [-0.1, -0.05) is 50.6 Å². The molecule has 0 radical (unpaired) electrons. The first kappa shape index (κ1) is 48.7. The second kappa shape index (κ2) is 21.6. The van der Waals surface area contributed by atoms with Crippen LogP contribution in [-0.4, -0.2) is 90.0 Å². The van der Waals surface area contributed by atoms with Crippen LogP contribution in [0.4, 0.5) is 0 Å². The third-order valence-corrected chi connectivity index (χ3v) is 20.7. The van der Waals surface area contributed by atoms with Gasteiger partial charge < -0.3 is 19.6 Å². The molecule has 9 rings (SSSR count). The lowest BCUT2D eigenvalue weighted by atomic mass is 9.44. The summed E-state index contributed by atoms with van der Waals surface area (Å²) < 4.78 is 19.2. The molecule has 5 aliphatic carbocycles. The van der Waals surface area contributed by atoms with Gasteiger partial charge >= 0.3 is 13.6 Å². The lowest BCUT2D eigenvalue weighted by Gasteiger charge is -2.61. The number of rotatable bonds is 9. The monoisotopic (exact) mass is 931 g/mol. The smallest absolute Gasteiger partial charge is 0.343 e. The Hall–Kier alpha value is -1.26. The SMILES string of the molecule is CN1CCC(=C2c3ccccc3CCc3sccc32)CC1.C[C@H](CCC(=O)O)[C@H]1CC[C@H]2[C@@H]3CC[C@@H]4C[C@H](O)CC[C@]4(C)[C@H]3CC[C@]12C.O=P1(N(CCCl)CCCl)NCCCO1. The molecule has 4 saturated carbocycles. The first-order chi connectivity index (χ1) is 29.8. The number of hydrogen-bond acceptors (Lipinski definition) is 6. The predicted molar refractivity (Wildman–Crippen MR) is 257 cm³/mol. The summed E-state index contributed by atoms with van der Waals surface area (Å²) >= 11 is 13.2. The number of carboxylic acids is 1. The van der Waals surface area contributed by atoms with E-state index in [1.54, 1.807) is 20.7 Å². The fourth-order valence-corrected chi connectivity index (χ4v) is 17.2. The van der Waals surface area contributed by atoms with Gasteiger partial charge in [-0.15, -0.1) is 34.5 Å². The average Bonchev–Trinajstić information content (AvgIpc) is 3.84. The molecule has 1 aromatic carbocycles. The Morgan fingerprint density at radius 1 is 0.968 bits per heavy atom. The highest BCUT2D eigenvalue weighted by Crippen LogP contribution is 2.68. The number of likely N-dealkylation sites (tertiary alicyclic amines) is 1. The van der Waals surface area contributed by atoms with Crippen LogP contribution >= 0.6 is 42.2 Å². The number of fused-ring (bicyclic) bond motifs is 7. The van der Waals surface area contributed by atoms with Crippen molar-refractivity contribution >= 4 is 53.8 Å². The van der Waals surface area contributed by atoms with Crippen LogP contribution in [0.5, 0.6) is 0 Å². The van der Waals surface area contributed by atoms with E-state index in [0.29, 0.717) is 60.5 Å². The van der Waals surface area contributed by atoms with E-state index in [4.69, 9.17) is 32.8 Å². The van der Waals surface area contributed by atoms with Crippen LogP contribution in [0.2, 0.25) is 0 Å². The maximum Gasteiger partial charge on any atom is 0.343 e. The van der Waals surface area contributed by atoms with Crippen molar-refractivity contribution in [2.24, 2.45) is 46.3 Å². The standard InChI is InChI=1S/C24H40O3.C19H21NS.C7H15Cl2N2O2P/c1-15(4-9-22(26)27)19-7-8-20-18-6-5-16-14-17(25)10-12-23(16,2)21(18)11-13-24(19,20)3;1-20-11-8-15(9-12-20)19-16-5-3-2-4-14(16)6-7-18-17(19)10-13-21-18;8-2-5-11(6-3-9)14(12)10-4-1-7-13-14/h15-21,25H,4-14H2,1-3H3,(H,26,27);2-5,10,13H,6-9,11-12H2,1H3;1-7H2,(H,10,12)/t15-,16-,17-,18+,19-,20+,21+,23+,24-;;/m1../s1. The van der Waals surface area contributed by atoms with Crippen molar-refractivity contribution in [2.45, 2.75) is 130 Å². The van der Waals surface area contributed by atoms with E-state index in [2.05, 4.69) is 73.5 Å². The number of aliphatic hydroxyl groups excluding tert-OH is 1. The number of benzene rings is 1. The third kappa shape index (κ3) is 10.6. The van der Waals surface area contributed by atoms with Gasteiger partial charge in [-0.3, -0.25) is 9.36 Å². The summed E-state index contributed by atoms with van der Waals surface area (Å²) in [6.07, 6.45) is 18.1. The van der Waals surface area contributed by atoms with Gasteiger partial charge in [-0.25, -0.2) is 9.76 Å². The minimum absolute atomic E-state index is 0.0561. The first-order valence-corrected chi connectivity index (χ1v) is 27.7. The zero-order chi connectivity index (χ0) is 44.1. The molecule has 6 fully saturated rings. The molecule has 1 aromatic heterocycles. The molecular weight excluding hydrogens is 857 g/mol. The van der Waals surface area contributed by atoms with Gasteiger partial charge in [0.1, 0.15) is 0 Å². The normalized spacial score (nSPS) is 34.8. The van der Waals surface area contributed by atoms with Crippen molar-refractivity contribution in [3.63, 3.8) is 0 Å². The molecule has 346 valence electrons. The second-order valence-corrected chi connectivity index (χ2v) is 24.3. The zero-order valence-corrected chi connectivity index (χ0v) is 41.3. The number of aliphatic carboxylic acids is 1. The number of aliphatic hydroxyl groups is 1. The van der Waals surface area contributed by atoms with E-state index in [0.717, 1.165) is 55.9 Å². The molecule has 3 heterocycles. The van der Waals surface area contributed by atoms with Crippen LogP contribution in [0.25, 0.3) is 5.57 Å². The van der Waals surface area contributed by atoms with Crippen molar-refractivity contribution in [3.05, 3.63) is 62.9 Å². The van der Waals surface area contributed by atoms with Gasteiger partial charge in [0.05, 0.1) is 12.7 Å². The summed E-state index contributed by atoms with van der Waals surface area (Å²) in [6.45, 7) is 12.1. The Morgan fingerprint density at radius 2 is 1.69 bits per heavy atom. The number of thiophene rings is 1. The Bertz CT molecular complexity index is 1870. The molecule has 0 spiro atoms. The zero-order valence-electron chi connectivity index (χ0n) is 38.1. The molecule has 2 aromatic rings. The van der Waals surface area contributed by atoms with Gasteiger partial charge in [0.2, 0.25) is 0 Å². The molecule has 2 saturated heterocycles. The summed E-state index contributed by atoms with van der Waals surface area (Å²) in [5, 5.41) is 24.5. The number of hydrogen-bond donors (Lipinski definition) is 3. The first-order valence-electron chi connectivity index (χ1n) is 24.1. The third-order valence-electron chi connectivity index (χ3n) is 17.0. The van der Waals surface area contributed by atoms with Crippen LogP contribution in [0, 0.1) is 46.3 Å². The highest BCUT2D eigenvalue weighted by molar-refractivity contribution is 7.54. The van der Waals surface area contributed by atoms with E-state index >= 15 is 0 Å². The Labute approximate surface area is 387 Å². The van der Waals surface area contributed by atoms with Gasteiger partial charge in [0.25, 0.3) is 0 Å².